The van der Waals surface area contributed by atoms with Crippen LogP contribution in [0.1, 0.15) is 22.3 Å². The maximum Gasteiger partial charge on any atom is 0.0624 e. The lowest BCUT2D eigenvalue weighted by Gasteiger charge is -2.21. The van der Waals surface area contributed by atoms with Crippen LogP contribution in [0.25, 0.3) is 76.5 Å². The van der Waals surface area contributed by atoms with Crippen LogP contribution in [0.15, 0.2) is 140 Å². The van der Waals surface area contributed by atoms with Crippen molar-refractivity contribution in [3.8, 4) is 33.4 Å². The largest absolute Gasteiger partial charge is 0.397 e. The minimum absolute atomic E-state index is 0.566. The topological polar surface area (TPSA) is 90.1 Å². The van der Waals surface area contributed by atoms with Crippen LogP contribution in [-0.4, -0.2) is 0 Å². The summed E-state index contributed by atoms with van der Waals surface area (Å²) in [6.07, 6.45) is 0. The normalized spacial score (nSPS) is 11.6. The highest BCUT2D eigenvalue weighted by Gasteiger charge is 2.20. The Morgan fingerprint density at radius 2 is 0.759 bits per heavy atom. The van der Waals surface area contributed by atoms with Gasteiger partial charge in [-0.15, -0.1) is 0 Å². The van der Waals surface area contributed by atoms with Gasteiger partial charge in [0.25, 0.3) is 0 Å². The molecule has 0 unspecified atom stereocenters. The van der Waals surface area contributed by atoms with Gasteiger partial charge in [0.05, 0.1) is 22.7 Å². The lowest BCUT2D eigenvalue weighted by molar-refractivity contribution is 1.47. The summed E-state index contributed by atoms with van der Waals surface area (Å²) >= 11 is 0. The van der Waals surface area contributed by atoms with Crippen molar-refractivity contribution in [2.45, 2.75) is 27.7 Å². The highest BCUT2D eigenvalue weighted by atomic mass is 14.9. The molecule has 9 aromatic carbocycles. The Hall–Kier alpha value is -6.78. The van der Waals surface area contributed by atoms with Gasteiger partial charge in [-0.25, -0.2) is 0 Å². The maximum absolute atomic E-state index is 6.98. The number of benzene rings is 9. The van der Waals surface area contributed by atoms with E-state index in [-0.39, 0.29) is 0 Å². The monoisotopic (exact) mass is 698 g/mol. The van der Waals surface area contributed by atoms with Gasteiger partial charge in [-0.3, -0.25) is 0 Å². The Labute approximate surface area is 315 Å². The molecule has 4 nitrogen and oxygen atoms in total. The van der Waals surface area contributed by atoms with E-state index in [4.69, 9.17) is 17.2 Å². The number of aryl methyl sites for hydroxylation is 4. The number of nitrogen functional groups attached to an aromatic ring is 3. The van der Waals surface area contributed by atoms with Gasteiger partial charge in [0.1, 0.15) is 0 Å². The molecule has 54 heavy (non-hydrogen) atoms. The van der Waals surface area contributed by atoms with Gasteiger partial charge in [-0.1, -0.05) is 120 Å². The third-order valence-electron chi connectivity index (χ3n) is 11.1. The lowest BCUT2D eigenvalue weighted by atomic mass is 9.85. The zero-order valence-corrected chi connectivity index (χ0v) is 31.0. The number of hydrogen-bond acceptors (Lipinski definition) is 4. The third-order valence-corrected chi connectivity index (χ3v) is 11.1. The summed E-state index contributed by atoms with van der Waals surface area (Å²) in [4.78, 5) is 0. The maximum atomic E-state index is 6.98. The van der Waals surface area contributed by atoms with Gasteiger partial charge in [-0.05, 0) is 146 Å². The summed E-state index contributed by atoms with van der Waals surface area (Å²) < 4.78 is 0. The SMILES string of the molecule is Cc1ccc(-c2c3ccccc3c(C)c3cc(Nc4ccc5c(-c6ccc(C)cc6)c6cc(N)c(N)cc6c(-c6ccc(C)cc6)c5c4)c(N)cc23)cc1. The summed E-state index contributed by atoms with van der Waals surface area (Å²) in [5.74, 6) is 0. The van der Waals surface area contributed by atoms with Crippen LogP contribution in [0.2, 0.25) is 0 Å². The number of rotatable bonds is 5. The minimum Gasteiger partial charge on any atom is -0.397 e. The number of nitrogens with one attached hydrogen (secondary N) is 1. The molecule has 0 spiro atoms. The number of fused-ring (bicyclic) bond motifs is 4. The Balaban J connectivity index is 1.28. The quantitative estimate of drug-likeness (QED) is 0.106. The van der Waals surface area contributed by atoms with Crippen molar-refractivity contribution in [2.24, 2.45) is 0 Å². The molecule has 0 atom stereocenters. The van der Waals surface area contributed by atoms with Crippen molar-refractivity contribution in [1.82, 2.24) is 0 Å². The third kappa shape index (κ3) is 5.46. The zero-order chi connectivity index (χ0) is 37.2. The molecule has 0 fully saturated rings. The summed E-state index contributed by atoms with van der Waals surface area (Å²) in [7, 11) is 0. The summed E-state index contributed by atoms with van der Waals surface area (Å²) in [5.41, 5.74) is 35.4. The van der Waals surface area contributed by atoms with Crippen LogP contribution >= 0.6 is 0 Å². The molecule has 0 bridgehead atoms. The van der Waals surface area contributed by atoms with Crippen molar-refractivity contribution in [3.05, 3.63) is 162 Å². The average molecular weight is 699 g/mol. The first kappa shape index (κ1) is 33.1. The first-order valence-corrected chi connectivity index (χ1v) is 18.5. The van der Waals surface area contributed by atoms with E-state index in [9.17, 15) is 0 Å². The number of anilines is 5. The Morgan fingerprint density at radius 3 is 1.28 bits per heavy atom. The fraction of sp³-hybridized carbons (Fsp3) is 0.0800. The summed E-state index contributed by atoms with van der Waals surface area (Å²) in [6, 6.07) is 50.0. The molecule has 0 amide bonds. The van der Waals surface area contributed by atoms with E-state index in [0.29, 0.717) is 17.1 Å². The smallest absolute Gasteiger partial charge is 0.0624 e. The lowest BCUT2D eigenvalue weighted by Crippen LogP contribution is -2.00. The number of nitrogens with two attached hydrogens (primary N) is 3. The summed E-state index contributed by atoms with van der Waals surface area (Å²) in [6.45, 7) is 8.56. The summed E-state index contributed by atoms with van der Waals surface area (Å²) in [5, 5.41) is 12.9. The fourth-order valence-corrected chi connectivity index (χ4v) is 8.19. The van der Waals surface area contributed by atoms with E-state index >= 15 is 0 Å². The molecule has 0 aliphatic heterocycles. The van der Waals surface area contributed by atoms with E-state index in [0.717, 1.165) is 60.6 Å². The molecule has 0 aromatic heterocycles. The van der Waals surface area contributed by atoms with Crippen molar-refractivity contribution in [1.29, 1.82) is 0 Å². The molecule has 262 valence electrons. The molecule has 0 aliphatic carbocycles. The molecule has 7 N–H and O–H groups in total. The van der Waals surface area contributed by atoms with Crippen LogP contribution in [0.5, 0.6) is 0 Å². The van der Waals surface area contributed by atoms with Crippen LogP contribution < -0.4 is 22.5 Å². The van der Waals surface area contributed by atoms with Gasteiger partial charge in [0.15, 0.2) is 0 Å². The molecule has 4 heteroatoms. The Kier molecular flexibility index (Phi) is 7.79. The molecule has 0 saturated carbocycles. The highest BCUT2D eigenvalue weighted by molar-refractivity contribution is 6.23. The van der Waals surface area contributed by atoms with Crippen molar-refractivity contribution >= 4 is 71.5 Å². The van der Waals surface area contributed by atoms with Gasteiger partial charge >= 0.3 is 0 Å². The highest BCUT2D eigenvalue weighted by Crippen LogP contribution is 2.47. The predicted molar refractivity (Wildman–Crippen MR) is 235 cm³/mol. The molecular weight excluding hydrogens is 657 g/mol. The molecule has 0 saturated heterocycles. The second-order valence-electron chi connectivity index (χ2n) is 14.8. The molecule has 9 rings (SSSR count). The first-order chi connectivity index (χ1) is 26.1. The van der Waals surface area contributed by atoms with Crippen LogP contribution in [-0.2, 0) is 0 Å². The van der Waals surface area contributed by atoms with Crippen molar-refractivity contribution in [2.75, 3.05) is 22.5 Å². The van der Waals surface area contributed by atoms with E-state index in [1.165, 1.54) is 49.5 Å². The van der Waals surface area contributed by atoms with Gasteiger partial charge in [-0.2, -0.15) is 0 Å². The fourth-order valence-electron chi connectivity index (χ4n) is 8.19. The number of hydrogen-bond donors (Lipinski definition) is 4. The van der Waals surface area contributed by atoms with Crippen molar-refractivity contribution < 1.29 is 0 Å². The minimum atomic E-state index is 0.566. The van der Waals surface area contributed by atoms with E-state index in [1.54, 1.807) is 0 Å². The predicted octanol–water partition coefficient (Wildman–Crippen LogP) is 13.0. The molecule has 9 aromatic rings. The second-order valence-corrected chi connectivity index (χ2v) is 14.8. The second kappa shape index (κ2) is 12.7. The average Bonchev–Trinajstić information content (AvgIpc) is 3.17. The molecule has 0 radical (unpaired) electrons. The van der Waals surface area contributed by atoms with E-state index in [2.05, 4.69) is 160 Å². The zero-order valence-electron chi connectivity index (χ0n) is 31.0. The van der Waals surface area contributed by atoms with Crippen LogP contribution in [0, 0.1) is 27.7 Å². The van der Waals surface area contributed by atoms with Crippen LogP contribution in [0.3, 0.4) is 0 Å². The van der Waals surface area contributed by atoms with E-state index in [1.807, 2.05) is 12.1 Å². The molecular formula is C50H42N4. The first-order valence-electron chi connectivity index (χ1n) is 18.5. The Bertz CT molecular complexity index is 2940. The molecule has 0 aliphatic rings. The van der Waals surface area contributed by atoms with Crippen molar-refractivity contribution in [3.63, 3.8) is 0 Å². The van der Waals surface area contributed by atoms with Crippen LogP contribution in [0.4, 0.5) is 28.4 Å². The van der Waals surface area contributed by atoms with E-state index < -0.39 is 0 Å². The van der Waals surface area contributed by atoms with Gasteiger partial charge in [0, 0.05) is 5.69 Å². The Morgan fingerprint density at radius 1 is 0.352 bits per heavy atom. The van der Waals surface area contributed by atoms with Gasteiger partial charge in [0.2, 0.25) is 0 Å². The van der Waals surface area contributed by atoms with Gasteiger partial charge < -0.3 is 22.5 Å². The molecule has 0 heterocycles. The standard InChI is InChI=1S/C50H42N4/c1-28-9-15-32(16-10-28)48-37-8-6-5-7-36(37)31(4)39-27-47(46(53)26-41(39)48)54-35-21-22-38-40(23-35)50(34-19-13-30(3)14-20-34)43-25-45(52)44(51)24-42(43)49(38)33-17-11-29(2)12-18-33/h5-27,54H,51-53H2,1-4H3.